The molecular formula is C34H26N4O13S3. The maximum atomic E-state index is 12.4. The second-order valence-corrected chi connectivity index (χ2v) is 15.5. The lowest BCUT2D eigenvalue weighted by molar-refractivity contribution is 0.415. The summed E-state index contributed by atoms with van der Waals surface area (Å²) in [6.07, 6.45) is 0. The number of fused-ring (bicyclic) bond motifs is 2. The number of hydrogen-bond acceptors (Lipinski definition) is 14. The third-order valence-electron chi connectivity index (χ3n) is 8.03. The summed E-state index contributed by atoms with van der Waals surface area (Å²) in [5.74, 6) is -0.875. The fraction of sp³-hybridized carbons (Fsp3) is 0.0588. The minimum Gasteiger partial charge on any atom is -0.506 e. The number of methoxy groups -OCH3 is 2. The van der Waals surface area contributed by atoms with Gasteiger partial charge in [-0.15, -0.1) is 20.5 Å². The van der Waals surface area contributed by atoms with Crippen LogP contribution in [0.15, 0.2) is 126 Å². The van der Waals surface area contributed by atoms with Crippen molar-refractivity contribution in [3.63, 3.8) is 0 Å². The van der Waals surface area contributed by atoms with Gasteiger partial charge < -0.3 is 19.7 Å². The third kappa shape index (κ3) is 7.42. The fourth-order valence-electron chi connectivity index (χ4n) is 5.50. The lowest BCUT2D eigenvalue weighted by atomic mass is 10.0. The Hall–Kier alpha value is -6.03. The largest absolute Gasteiger partial charge is 0.506 e. The summed E-state index contributed by atoms with van der Waals surface area (Å²) >= 11 is 0. The van der Waals surface area contributed by atoms with E-state index in [0.29, 0.717) is 46.1 Å². The van der Waals surface area contributed by atoms with Gasteiger partial charge in [-0.25, -0.2) is 0 Å². The summed E-state index contributed by atoms with van der Waals surface area (Å²) in [7, 11) is -12.9. The van der Waals surface area contributed by atoms with Crippen LogP contribution in [0.25, 0.3) is 32.7 Å². The van der Waals surface area contributed by atoms with E-state index in [2.05, 4.69) is 20.5 Å². The summed E-state index contributed by atoms with van der Waals surface area (Å²) in [6, 6.07) is 21.7. The molecule has 0 fully saturated rings. The maximum absolute atomic E-state index is 12.4. The quantitative estimate of drug-likeness (QED) is 0.0659. The van der Waals surface area contributed by atoms with Crippen LogP contribution in [0.5, 0.6) is 23.0 Å². The first kappa shape index (κ1) is 37.7. The highest BCUT2D eigenvalue weighted by molar-refractivity contribution is 7.87. The molecule has 0 bridgehead atoms. The zero-order valence-corrected chi connectivity index (χ0v) is 30.1. The summed E-state index contributed by atoms with van der Waals surface area (Å²) in [4.78, 5) is -3.42. The molecule has 0 aliphatic rings. The predicted molar refractivity (Wildman–Crippen MR) is 194 cm³/mol. The molecule has 278 valence electrons. The molecule has 17 nitrogen and oxygen atoms in total. The highest BCUT2D eigenvalue weighted by Gasteiger charge is 2.28. The number of ether oxygens (including phenoxy) is 2. The van der Waals surface area contributed by atoms with Crippen molar-refractivity contribution in [1.29, 1.82) is 0 Å². The predicted octanol–water partition coefficient (Wildman–Crippen LogP) is 7.66. The van der Waals surface area contributed by atoms with Gasteiger partial charge in [0.05, 0.1) is 19.1 Å². The molecule has 0 aromatic heterocycles. The molecular weight excluding hydrogens is 769 g/mol. The van der Waals surface area contributed by atoms with Crippen molar-refractivity contribution >= 4 is 74.6 Å². The smallest absolute Gasteiger partial charge is 0.296 e. The Morgan fingerprint density at radius 2 is 1.09 bits per heavy atom. The average Bonchev–Trinajstić information content (AvgIpc) is 3.12. The SMILES string of the molecule is COc1cc(-c2ccc(N=Nc3c(O)ccc4ccccc34)c(OC)c2)ccc1N=Nc1c(S(=O)(=O)O)cc2cc(S(=O)(=O)O)cc(S(=O)(=O)O)c2c1O. The van der Waals surface area contributed by atoms with Crippen LogP contribution >= 0.6 is 0 Å². The van der Waals surface area contributed by atoms with E-state index in [4.69, 9.17) is 9.47 Å². The van der Waals surface area contributed by atoms with Gasteiger partial charge in [0.2, 0.25) is 0 Å². The first-order valence-corrected chi connectivity index (χ1v) is 19.4. The van der Waals surface area contributed by atoms with Crippen LogP contribution in [-0.2, 0) is 30.4 Å². The Morgan fingerprint density at radius 1 is 0.537 bits per heavy atom. The third-order valence-corrected chi connectivity index (χ3v) is 10.6. The Labute approximate surface area is 306 Å². The number of phenols is 2. The van der Waals surface area contributed by atoms with E-state index >= 15 is 0 Å². The van der Waals surface area contributed by atoms with Crippen molar-refractivity contribution in [2.75, 3.05) is 14.2 Å². The molecule has 6 aromatic carbocycles. The van der Waals surface area contributed by atoms with Gasteiger partial charge >= 0.3 is 0 Å². The van der Waals surface area contributed by atoms with Crippen molar-refractivity contribution in [2.45, 2.75) is 14.7 Å². The number of rotatable bonds is 10. The van der Waals surface area contributed by atoms with Crippen molar-refractivity contribution < 1.29 is 58.6 Å². The first-order chi connectivity index (χ1) is 25.4. The Kier molecular flexibility index (Phi) is 9.83. The molecule has 0 atom stereocenters. The van der Waals surface area contributed by atoms with Crippen LogP contribution in [0.3, 0.4) is 0 Å². The van der Waals surface area contributed by atoms with E-state index in [-0.39, 0.29) is 22.9 Å². The normalized spacial score (nSPS) is 12.6. The summed E-state index contributed by atoms with van der Waals surface area (Å²) in [5, 5.41) is 37.9. The van der Waals surface area contributed by atoms with E-state index in [1.54, 1.807) is 30.3 Å². The van der Waals surface area contributed by atoms with Gasteiger partial charge in [0, 0.05) is 10.8 Å². The lowest BCUT2D eigenvalue weighted by Crippen LogP contribution is -2.06. The topological polar surface area (TPSA) is 271 Å². The first-order valence-electron chi connectivity index (χ1n) is 15.1. The van der Waals surface area contributed by atoms with Crippen LogP contribution in [-0.4, -0.2) is 63.3 Å². The molecule has 6 aromatic rings. The van der Waals surface area contributed by atoms with Crippen LogP contribution < -0.4 is 9.47 Å². The molecule has 0 aliphatic heterocycles. The molecule has 0 spiro atoms. The zero-order chi connectivity index (χ0) is 39.2. The van der Waals surface area contributed by atoms with E-state index in [1.807, 2.05) is 24.3 Å². The van der Waals surface area contributed by atoms with Crippen molar-refractivity contribution in [1.82, 2.24) is 0 Å². The molecule has 0 amide bonds. The van der Waals surface area contributed by atoms with Crippen LogP contribution in [0.1, 0.15) is 0 Å². The Morgan fingerprint density at radius 3 is 1.63 bits per heavy atom. The van der Waals surface area contributed by atoms with E-state index in [9.17, 15) is 49.1 Å². The second-order valence-electron chi connectivity index (χ2n) is 11.3. The number of benzene rings is 6. The number of azo groups is 2. The van der Waals surface area contributed by atoms with Gasteiger partial charge in [-0.05, 0) is 70.4 Å². The molecule has 0 radical (unpaired) electrons. The van der Waals surface area contributed by atoms with Gasteiger partial charge in [-0.1, -0.05) is 42.5 Å². The summed E-state index contributed by atoms with van der Waals surface area (Å²) < 4.78 is 113. The van der Waals surface area contributed by atoms with Gasteiger partial charge in [0.1, 0.15) is 49.8 Å². The van der Waals surface area contributed by atoms with Crippen LogP contribution in [0.2, 0.25) is 0 Å². The summed E-state index contributed by atoms with van der Waals surface area (Å²) in [6.45, 7) is 0. The minimum absolute atomic E-state index is 0.0361. The zero-order valence-electron chi connectivity index (χ0n) is 27.7. The molecule has 0 saturated carbocycles. The number of phenolic OH excluding ortho intramolecular Hbond substituents is 2. The van der Waals surface area contributed by atoms with Crippen molar-refractivity contribution in [3.05, 3.63) is 91.0 Å². The van der Waals surface area contributed by atoms with Gasteiger partial charge in [-0.2, -0.15) is 25.3 Å². The molecule has 54 heavy (non-hydrogen) atoms. The fourth-order valence-corrected chi connectivity index (χ4v) is 7.53. The Bertz CT molecular complexity index is 2920. The number of hydrogen-bond donors (Lipinski definition) is 5. The highest BCUT2D eigenvalue weighted by atomic mass is 32.2. The van der Waals surface area contributed by atoms with Crippen molar-refractivity contribution in [2.24, 2.45) is 20.5 Å². The standard InChI is InChI=1S/C34H26N4O13S3/c1-50-27-14-19(7-10-24(27)35-37-32-23-6-4-3-5-18(23)9-12-26(32)39)20-8-11-25(28(15-20)51-2)36-38-33-30(54(47,48)49)16-21-13-22(52(41,42)43)17-29(53(44,45)46)31(21)34(33)40/h3-17,39-40H,1-2H3,(H,41,42,43)(H,44,45,46)(H,47,48,49). The van der Waals surface area contributed by atoms with Gasteiger partial charge in [0.15, 0.2) is 5.75 Å². The minimum atomic E-state index is -5.31. The number of nitrogens with zero attached hydrogens (tertiary/aromatic N) is 4. The molecule has 5 N–H and O–H groups in total. The van der Waals surface area contributed by atoms with E-state index < -0.39 is 67.3 Å². The molecule has 0 saturated heterocycles. The van der Waals surface area contributed by atoms with Crippen molar-refractivity contribution in [3.8, 4) is 34.1 Å². The summed E-state index contributed by atoms with van der Waals surface area (Å²) in [5.41, 5.74) is 0.794. The maximum Gasteiger partial charge on any atom is 0.296 e. The van der Waals surface area contributed by atoms with E-state index in [0.717, 1.165) is 5.39 Å². The monoisotopic (exact) mass is 794 g/mol. The molecule has 6 rings (SSSR count). The molecule has 0 aliphatic carbocycles. The van der Waals surface area contributed by atoms with Crippen LogP contribution in [0.4, 0.5) is 22.7 Å². The molecule has 0 heterocycles. The molecule has 0 unspecified atom stereocenters. The van der Waals surface area contributed by atoms with Gasteiger partial charge in [-0.3, -0.25) is 13.7 Å². The Balaban J connectivity index is 1.39. The van der Waals surface area contributed by atoms with E-state index in [1.165, 1.54) is 32.4 Å². The van der Waals surface area contributed by atoms with Crippen LogP contribution in [0, 0.1) is 0 Å². The molecule has 20 heteroatoms. The lowest BCUT2D eigenvalue weighted by Gasteiger charge is -2.13. The average molecular weight is 795 g/mol. The number of aromatic hydroxyl groups is 2. The van der Waals surface area contributed by atoms with Gasteiger partial charge in [0.25, 0.3) is 30.4 Å². The second kappa shape index (κ2) is 14.1. The highest BCUT2D eigenvalue weighted by Crippen LogP contribution is 2.46.